The molecular weight excluding hydrogens is 290 g/mol. The number of carbonyl (C=O) groups is 1. The predicted octanol–water partition coefficient (Wildman–Crippen LogP) is 3.74. The number of aryl methyl sites for hydroxylation is 1. The molecule has 0 unspecified atom stereocenters. The maximum atomic E-state index is 12.0. The SMILES string of the molecule is CCOc1cccc(/C=C2/N=C(c3cccc(C)c3)OC2=O)c1. The first-order valence-corrected chi connectivity index (χ1v) is 7.48. The molecule has 3 rings (SSSR count). The number of aliphatic imine (C=N–C) groups is 1. The van der Waals surface area contributed by atoms with E-state index in [4.69, 9.17) is 9.47 Å². The zero-order valence-corrected chi connectivity index (χ0v) is 13.1. The van der Waals surface area contributed by atoms with Gasteiger partial charge in [-0.3, -0.25) is 0 Å². The number of hydrogen-bond donors (Lipinski definition) is 0. The number of nitrogens with zero attached hydrogens (tertiary/aromatic N) is 1. The molecule has 4 heteroatoms. The van der Waals surface area contributed by atoms with Crippen LogP contribution in [0.15, 0.2) is 59.2 Å². The van der Waals surface area contributed by atoms with Crippen LogP contribution in [0.25, 0.3) is 6.08 Å². The minimum Gasteiger partial charge on any atom is -0.494 e. The van der Waals surface area contributed by atoms with E-state index in [1.807, 2.05) is 62.4 Å². The first kappa shape index (κ1) is 15.0. The summed E-state index contributed by atoms with van der Waals surface area (Å²) >= 11 is 0. The summed E-state index contributed by atoms with van der Waals surface area (Å²) in [6.07, 6.45) is 1.70. The van der Waals surface area contributed by atoms with E-state index < -0.39 is 5.97 Å². The van der Waals surface area contributed by atoms with Crippen molar-refractivity contribution in [1.29, 1.82) is 0 Å². The van der Waals surface area contributed by atoms with Gasteiger partial charge in [-0.15, -0.1) is 0 Å². The lowest BCUT2D eigenvalue weighted by atomic mass is 10.1. The van der Waals surface area contributed by atoms with Crippen LogP contribution in [0.2, 0.25) is 0 Å². The minimum atomic E-state index is -0.441. The molecule has 1 aliphatic heterocycles. The van der Waals surface area contributed by atoms with Crippen molar-refractivity contribution in [2.75, 3.05) is 6.61 Å². The Balaban J connectivity index is 1.90. The van der Waals surface area contributed by atoms with Crippen molar-refractivity contribution in [2.24, 2.45) is 4.99 Å². The van der Waals surface area contributed by atoms with Gasteiger partial charge in [0.05, 0.1) is 6.61 Å². The molecule has 0 aliphatic carbocycles. The van der Waals surface area contributed by atoms with Crippen molar-refractivity contribution < 1.29 is 14.3 Å². The van der Waals surface area contributed by atoms with E-state index in [2.05, 4.69) is 4.99 Å². The van der Waals surface area contributed by atoms with Gasteiger partial charge in [-0.2, -0.15) is 0 Å². The average molecular weight is 307 g/mol. The Hall–Kier alpha value is -2.88. The maximum absolute atomic E-state index is 12.0. The molecule has 1 aliphatic rings. The normalized spacial score (nSPS) is 15.5. The van der Waals surface area contributed by atoms with Gasteiger partial charge in [0.15, 0.2) is 5.70 Å². The number of benzene rings is 2. The van der Waals surface area contributed by atoms with Crippen LogP contribution in [0, 0.1) is 6.92 Å². The number of carbonyl (C=O) groups excluding carboxylic acids is 1. The standard InChI is InChI=1S/C19H17NO3/c1-3-22-16-9-5-7-14(11-16)12-17-19(21)23-18(20-17)15-8-4-6-13(2)10-15/h4-12H,3H2,1-2H3/b17-12+. The molecule has 0 saturated carbocycles. The van der Waals surface area contributed by atoms with Gasteiger partial charge < -0.3 is 9.47 Å². The van der Waals surface area contributed by atoms with Crippen molar-refractivity contribution in [3.05, 3.63) is 70.9 Å². The second-order valence-corrected chi connectivity index (χ2v) is 5.21. The number of rotatable bonds is 4. The van der Waals surface area contributed by atoms with Gasteiger partial charge in [-0.25, -0.2) is 9.79 Å². The highest BCUT2D eigenvalue weighted by Crippen LogP contribution is 2.21. The lowest BCUT2D eigenvalue weighted by molar-refractivity contribution is -0.129. The second-order valence-electron chi connectivity index (χ2n) is 5.21. The molecule has 2 aromatic rings. The van der Waals surface area contributed by atoms with Gasteiger partial charge in [0.2, 0.25) is 5.90 Å². The summed E-state index contributed by atoms with van der Waals surface area (Å²) in [5.74, 6) is 0.658. The molecule has 0 radical (unpaired) electrons. The van der Waals surface area contributed by atoms with E-state index in [-0.39, 0.29) is 5.70 Å². The molecule has 0 amide bonds. The van der Waals surface area contributed by atoms with Crippen LogP contribution in [0.3, 0.4) is 0 Å². The molecular formula is C19H17NO3. The summed E-state index contributed by atoms with van der Waals surface area (Å²) in [5.41, 5.74) is 3.01. The van der Waals surface area contributed by atoms with Crippen LogP contribution in [-0.4, -0.2) is 18.5 Å². The molecule has 4 nitrogen and oxygen atoms in total. The molecule has 116 valence electrons. The smallest absolute Gasteiger partial charge is 0.363 e. The molecule has 0 fully saturated rings. The quantitative estimate of drug-likeness (QED) is 0.638. The first-order chi connectivity index (χ1) is 11.2. The fraction of sp³-hybridized carbons (Fsp3) is 0.158. The Morgan fingerprint density at radius 3 is 2.78 bits per heavy atom. The summed E-state index contributed by atoms with van der Waals surface area (Å²) in [7, 11) is 0. The van der Waals surface area contributed by atoms with Crippen LogP contribution in [-0.2, 0) is 9.53 Å². The van der Waals surface area contributed by atoms with E-state index in [0.717, 1.165) is 22.4 Å². The van der Waals surface area contributed by atoms with E-state index in [9.17, 15) is 4.79 Å². The van der Waals surface area contributed by atoms with Gasteiger partial charge in [-0.1, -0.05) is 29.8 Å². The lowest BCUT2D eigenvalue weighted by Crippen LogP contribution is -2.05. The van der Waals surface area contributed by atoms with Gasteiger partial charge in [0.1, 0.15) is 5.75 Å². The van der Waals surface area contributed by atoms with Crippen molar-refractivity contribution >= 4 is 17.9 Å². The molecule has 2 aromatic carbocycles. The topological polar surface area (TPSA) is 47.9 Å². The fourth-order valence-electron chi connectivity index (χ4n) is 2.33. The zero-order chi connectivity index (χ0) is 16.2. The fourth-order valence-corrected chi connectivity index (χ4v) is 2.33. The highest BCUT2D eigenvalue weighted by Gasteiger charge is 2.24. The van der Waals surface area contributed by atoms with Crippen LogP contribution >= 0.6 is 0 Å². The third kappa shape index (κ3) is 3.48. The Morgan fingerprint density at radius 2 is 2.00 bits per heavy atom. The summed E-state index contributed by atoms with van der Waals surface area (Å²) in [6.45, 7) is 4.51. The number of hydrogen-bond acceptors (Lipinski definition) is 4. The largest absolute Gasteiger partial charge is 0.494 e. The Labute approximate surface area is 135 Å². The third-order valence-corrected chi connectivity index (χ3v) is 3.36. The van der Waals surface area contributed by atoms with E-state index in [1.165, 1.54) is 0 Å². The summed E-state index contributed by atoms with van der Waals surface area (Å²) < 4.78 is 10.7. The van der Waals surface area contributed by atoms with Gasteiger partial charge in [-0.05, 0) is 49.8 Å². The molecule has 0 atom stereocenters. The minimum absolute atomic E-state index is 0.287. The molecule has 0 spiro atoms. The highest BCUT2D eigenvalue weighted by molar-refractivity contribution is 6.12. The van der Waals surface area contributed by atoms with Gasteiger partial charge in [0, 0.05) is 5.56 Å². The van der Waals surface area contributed by atoms with Crippen molar-refractivity contribution in [3.8, 4) is 5.75 Å². The molecule has 0 N–H and O–H groups in total. The average Bonchev–Trinajstić information content (AvgIpc) is 2.89. The van der Waals surface area contributed by atoms with Crippen molar-refractivity contribution in [2.45, 2.75) is 13.8 Å². The van der Waals surface area contributed by atoms with E-state index in [0.29, 0.717) is 12.5 Å². The second kappa shape index (κ2) is 6.48. The highest BCUT2D eigenvalue weighted by atomic mass is 16.6. The maximum Gasteiger partial charge on any atom is 0.363 e. The monoisotopic (exact) mass is 307 g/mol. The summed E-state index contributed by atoms with van der Waals surface area (Å²) in [5, 5.41) is 0. The lowest BCUT2D eigenvalue weighted by Gasteiger charge is -2.03. The van der Waals surface area contributed by atoms with Crippen molar-refractivity contribution in [3.63, 3.8) is 0 Å². The first-order valence-electron chi connectivity index (χ1n) is 7.48. The molecule has 0 aromatic heterocycles. The van der Waals surface area contributed by atoms with Crippen LogP contribution < -0.4 is 4.74 Å². The zero-order valence-electron chi connectivity index (χ0n) is 13.1. The van der Waals surface area contributed by atoms with E-state index in [1.54, 1.807) is 6.08 Å². The van der Waals surface area contributed by atoms with E-state index >= 15 is 0 Å². The number of esters is 1. The molecule has 23 heavy (non-hydrogen) atoms. The molecule has 0 saturated heterocycles. The number of ether oxygens (including phenoxy) is 2. The molecule has 0 bridgehead atoms. The van der Waals surface area contributed by atoms with Crippen LogP contribution in [0.4, 0.5) is 0 Å². The van der Waals surface area contributed by atoms with Crippen LogP contribution in [0.5, 0.6) is 5.75 Å². The Bertz CT molecular complexity index is 806. The Morgan fingerprint density at radius 1 is 1.17 bits per heavy atom. The summed E-state index contributed by atoms with van der Waals surface area (Å²) in [4.78, 5) is 16.3. The van der Waals surface area contributed by atoms with Crippen LogP contribution in [0.1, 0.15) is 23.6 Å². The third-order valence-electron chi connectivity index (χ3n) is 3.36. The predicted molar refractivity (Wildman–Crippen MR) is 89.4 cm³/mol. The van der Waals surface area contributed by atoms with Gasteiger partial charge >= 0.3 is 5.97 Å². The van der Waals surface area contributed by atoms with Gasteiger partial charge in [0.25, 0.3) is 0 Å². The van der Waals surface area contributed by atoms with Crippen molar-refractivity contribution in [1.82, 2.24) is 0 Å². The molecule has 1 heterocycles. The number of cyclic esters (lactones) is 1. The Kier molecular flexibility index (Phi) is 4.24. The summed E-state index contributed by atoms with van der Waals surface area (Å²) in [6, 6.07) is 15.2.